The number of alkyl halides is 3. The Morgan fingerprint density at radius 2 is 1.93 bits per heavy atom. The molecule has 2 aromatic rings. The van der Waals surface area contributed by atoms with E-state index in [4.69, 9.17) is 4.74 Å². The van der Waals surface area contributed by atoms with Crippen LogP contribution in [0, 0.1) is 11.3 Å². The molecule has 1 N–H and O–H groups in total. The lowest BCUT2D eigenvalue weighted by Crippen LogP contribution is -2.17. The Labute approximate surface area is 167 Å². The fourth-order valence-corrected chi connectivity index (χ4v) is 3.96. The van der Waals surface area contributed by atoms with Crippen molar-refractivity contribution in [3.63, 3.8) is 0 Å². The zero-order valence-corrected chi connectivity index (χ0v) is 16.3. The molecule has 0 aliphatic heterocycles. The van der Waals surface area contributed by atoms with Crippen LogP contribution in [0.1, 0.15) is 12.5 Å². The Morgan fingerprint density at radius 3 is 2.48 bits per heavy atom. The number of nitrogens with zero attached hydrogens (tertiary/aromatic N) is 1. The van der Waals surface area contributed by atoms with Crippen molar-refractivity contribution in [1.29, 1.82) is 5.26 Å². The second-order valence-corrected chi connectivity index (χ2v) is 8.03. The zero-order valence-electron chi connectivity index (χ0n) is 14.7. The molecule has 1 heterocycles. The van der Waals surface area contributed by atoms with E-state index in [2.05, 4.69) is 10.1 Å². The highest BCUT2D eigenvalue weighted by atomic mass is 32.2. The summed E-state index contributed by atoms with van der Waals surface area (Å²) in [6, 6.07) is 6.49. The molecule has 0 aliphatic rings. The summed E-state index contributed by atoms with van der Waals surface area (Å²) < 4.78 is 70.4. The molecule has 1 aromatic heterocycles. The van der Waals surface area contributed by atoms with Gasteiger partial charge in [0.15, 0.2) is 0 Å². The van der Waals surface area contributed by atoms with Gasteiger partial charge in [0, 0.05) is 5.56 Å². The summed E-state index contributed by atoms with van der Waals surface area (Å²) in [5, 5.41) is 13.6. The van der Waals surface area contributed by atoms with Gasteiger partial charge in [-0.25, -0.2) is 13.2 Å². The van der Waals surface area contributed by atoms with Crippen molar-refractivity contribution < 1.29 is 35.9 Å². The number of carbonyl (C=O) groups excluding carboxylic acids is 1. The minimum atomic E-state index is -4.92. The molecule has 2 rings (SSSR count). The van der Waals surface area contributed by atoms with E-state index in [9.17, 15) is 31.6 Å². The first-order chi connectivity index (χ1) is 13.6. The van der Waals surface area contributed by atoms with Crippen LogP contribution >= 0.6 is 11.3 Å². The largest absolute Gasteiger partial charge is 0.573 e. The Hall–Kier alpha value is -3.04. The first-order valence-corrected chi connectivity index (χ1v) is 10.2. The highest BCUT2D eigenvalue weighted by Crippen LogP contribution is 2.30. The summed E-state index contributed by atoms with van der Waals surface area (Å²) in [7, 11) is -4.32. The Bertz CT molecular complexity index is 1050. The predicted octanol–water partition coefficient (Wildman–Crippen LogP) is 4.55. The molecule has 7 nitrogen and oxygen atoms in total. The standard InChI is InChI=1S/C17H13F3N2O5S2/c1-2-26-16(23)22-15-11(7-8-28-15)9-14(10-21)29(24,25)13-5-3-12(4-6-13)27-17(18,19)20/h3-9H,2H2,1H3,(H,22,23)/b14-9-. The molecule has 0 spiro atoms. The second-order valence-electron chi connectivity index (χ2n) is 5.19. The molecule has 154 valence electrons. The van der Waals surface area contributed by atoms with E-state index in [1.807, 2.05) is 0 Å². The lowest BCUT2D eigenvalue weighted by Gasteiger charge is -2.09. The van der Waals surface area contributed by atoms with Crippen LogP contribution in [-0.4, -0.2) is 27.5 Å². The van der Waals surface area contributed by atoms with Crippen LogP contribution in [0.25, 0.3) is 6.08 Å². The maximum absolute atomic E-state index is 12.7. The number of benzene rings is 1. The molecule has 0 fully saturated rings. The number of carbonyl (C=O) groups is 1. The van der Waals surface area contributed by atoms with Crippen molar-refractivity contribution in [3.8, 4) is 11.8 Å². The summed E-state index contributed by atoms with van der Waals surface area (Å²) >= 11 is 1.09. The number of thiophene rings is 1. The molecule has 0 saturated carbocycles. The van der Waals surface area contributed by atoms with Crippen LogP contribution < -0.4 is 10.1 Å². The molecule has 12 heteroatoms. The molecule has 0 radical (unpaired) electrons. The van der Waals surface area contributed by atoms with Gasteiger partial charge in [-0.1, -0.05) is 0 Å². The number of anilines is 1. The smallest absolute Gasteiger partial charge is 0.450 e. The van der Waals surface area contributed by atoms with Crippen LogP contribution in [-0.2, 0) is 14.6 Å². The van der Waals surface area contributed by atoms with Crippen molar-refractivity contribution >= 4 is 38.3 Å². The molecule has 0 bridgehead atoms. The summed E-state index contributed by atoms with van der Waals surface area (Å²) in [6.45, 7) is 1.74. The van der Waals surface area contributed by atoms with Gasteiger partial charge in [0.25, 0.3) is 0 Å². The van der Waals surface area contributed by atoms with Crippen molar-refractivity contribution in [2.24, 2.45) is 0 Å². The van der Waals surface area contributed by atoms with E-state index in [1.54, 1.807) is 18.4 Å². The van der Waals surface area contributed by atoms with Crippen LogP contribution in [0.5, 0.6) is 5.75 Å². The second kappa shape index (κ2) is 8.97. The quantitative estimate of drug-likeness (QED) is 0.653. The van der Waals surface area contributed by atoms with E-state index in [1.165, 1.54) is 6.07 Å². The van der Waals surface area contributed by atoms with Crippen LogP contribution in [0.2, 0.25) is 0 Å². The summed E-state index contributed by atoms with van der Waals surface area (Å²) in [6.07, 6.45) is -4.61. The Morgan fingerprint density at radius 1 is 1.28 bits per heavy atom. The SMILES string of the molecule is CCOC(=O)Nc1sccc1/C=C(/C#N)S(=O)(=O)c1ccc(OC(F)(F)F)cc1. The first kappa shape index (κ1) is 22.3. The third-order valence-corrected chi connectivity index (χ3v) is 5.77. The monoisotopic (exact) mass is 446 g/mol. The zero-order chi connectivity index (χ0) is 21.7. The Kier molecular flexibility index (Phi) is 6.89. The van der Waals surface area contributed by atoms with Gasteiger partial charge in [-0.15, -0.1) is 24.5 Å². The number of hydrogen-bond acceptors (Lipinski definition) is 7. The molecule has 0 unspecified atom stereocenters. The Balaban J connectivity index is 2.33. The van der Waals surface area contributed by atoms with E-state index < -0.39 is 37.8 Å². The lowest BCUT2D eigenvalue weighted by molar-refractivity contribution is -0.274. The molecule has 29 heavy (non-hydrogen) atoms. The van der Waals surface area contributed by atoms with Gasteiger partial charge in [-0.05, 0) is 48.7 Å². The molecule has 0 atom stereocenters. The number of rotatable bonds is 6. The van der Waals surface area contributed by atoms with Crippen molar-refractivity contribution in [2.45, 2.75) is 18.2 Å². The topological polar surface area (TPSA) is 105 Å². The molecule has 0 saturated heterocycles. The van der Waals surface area contributed by atoms with Gasteiger partial charge in [0.1, 0.15) is 21.7 Å². The summed E-state index contributed by atoms with van der Waals surface area (Å²) in [5.74, 6) is -0.599. The van der Waals surface area contributed by atoms with Crippen LogP contribution in [0.15, 0.2) is 45.5 Å². The number of halogens is 3. The minimum absolute atomic E-state index is 0.133. The van der Waals surface area contributed by atoms with E-state index in [0.717, 1.165) is 41.7 Å². The highest BCUT2D eigenvalue weighted by molar-refractivity contribution is 7.95. The van der Waals surface area contributed by atoms with Crippen molar-refractivity contribution in [2.75, 3.05) is 11.9 Å². The lowest BCUT2D eigenvalue weighted by atomic mass is 10.3. The third-order valence-electron chi connectivity index (χ3n) is 3.24. The molecule has 0 aliphatic carbocycles. The summed E-state index contributed by atoms with van der Waals surface area (Å²) in [4.78, 5) is 10.5. The van der Waals surface area contributed by atoms with Crippen LogP contribution in [0.3, 0.4) is 0 Å². The van der Waals surface area contributed by atoms with Gasteiger partial charge in [-0.3, -0.25) is 5.32 Å². The molecular formula is C17H13F3N2O5S2. The van der Waals surface area contributed by atoms with E-state index in [-0.39, 0.29) is 17.2 Å². The van der Waals surface area contributed by atoms with Crippen molar-refractivity contribution in [1.82, 2.24) is 0 Å². The highest BCUT2D eigenvalue weighted by Gasteiger charge is 2.31. The molecule has 1 aromatic carbocycles. The van der Waals surface area contributed by atoms with Gasteiger partial charge >= 0.3 is 12.5 Å². The number of amides is 1. The third kappa shape index (κ3) is 5.97. The number of allylic oxidation sites excluding steroid dienone is 1. The first-order valence-electron chi connectivity index (χ1n) is 7.80. The van der Waals surface area contributed by atoms with E-state index >= 15 is 0 Å². The van der Waals surface area contributed by atoms with Crippen LogP contribution in [0.4, 0.5) is 23.0 Å². The number of sulfone groups is 1. The normalized spacial score (nSPS) is 12.2. The number of nitriles is 1. The van der Waals surface area contributed by atoms with Gasteiger partial charge in [0.05, 0.1) is 11.5 Å². The van der Waals surface area contributed by atoms with Gasteiger partial charge < -0.3 is 9.47 Å². The average molecular weight is 446 g/mol. The van der Waals surface area contributed by atoms with E-state index in [0.29, 0.717) is 0 Å². The average Bonchev–Trinajstić information content (AvgIpc) is 3.05. The number of ether oxygens (including phenoxy) is 2. The van der Waals surface area contributed by atoms with Gasteiger partial charge in [-0.2, -0.15) is 5.26 Å². The molecular weight excluding hydrogens is 433 g/mol. The summed E-state index contributed by atoms with van der Waals surface area (Å²) in [5.41, 5.74) is 0.250. The fourth-order valence-electron chi connectivity index (χ4n) is 2.05. The minimum Gasteiger partial charge on any atom is -0.450 e. The maximum Gasteiger partial charge on any atom is 0.573 e. The fraction of sp³-hybridized carbons (Fsp3) is 0.176. The number of nitrogens with one attached hydrogen (secondary N) is 1. The maximum atomic E-state index is 12.7. The van der Waals surface area contributed by atoms with Gasteiger partial charge in [0.2, 0.25) is 9.84 Å². The molecule has 1 amide bonds. The number of hydrogen-bond donors (Lipinski definition) is 1. The predicted molar refractivity (Wildman–Crippen MR) is 98.9 cm³/mol. The van der Waals surface area contributed by atoms with Crippen molar-refractivity contribution in [3.05, 3.63) is 46.2 Å².